The van der Waals surface area contributed by atoms with Crippen molar-refractivity contribution in [3.05, 3.63) is 15.8 Å². The molecule has 0 aliphatic heterocycles. The molecule has 0 aliphatic carbocycles. The van der Waals surface area contributed by atoms with E-state index in [0.29, 0.717) is 4.90 Å². The zero-order valence-corrected chi connectivity index (χ0v) is 12.2. The molecule has 0 aliphatic rings. The Morgan fingerprint density at radius 3 is 2.35 bits per heavy atom. The van der Waals surface area contributed by atoms with Crippen LogP contribution < -0.4 is 4.72 Å². The van der Waals surface area contributed by atoms with Gasteiger partial charge in [0.25, 0.3) is 0 Å². The van der Waals surface area contributed by atoms with Gasteiger partial charge in [-0.1, -0.05) is 13.8 Å². The van der Waals surface area contributed by atoms with E-state index < -0.39 is 16.1 Å². The molecule has 1 rings (SSSR count). The summed E-state index contributed by atoms with van der Waals surface area (Å²) >= 11 is 1.46. The normalized spacial score (nSPS) is 14.2. The van der Waals surface area contributed by atoms with Crippen molar-refractivity contribution < 1.29 is 13.5 Å². The van der Waals surface area contributed by atoms with Gasteiger partial charge in [0.15, 0.2) is 0 Å². The second-order valence-corrected chi connectivity index (χ2v) is 7.57. The van der Waals surface area contributed by atoms with Gasteiger partial charge in [0.2, 0.25) is 10.0 Å². The highest BCUT2D eigenvalue weighted by Crippen LogP contribution is 2.25. The van der Waals surface area contributed by atoms with Crippen molar-refractivity contribution in [2.75, 3.05) is 6.61 Å². The fourth-order valence-electron chi connectivity index (χ4n) is 1.52. The SMILES string of the molecule is Cc1cc(S(=O)(=O)N[C@H](CO)C(C)C)c(C)s1. The summed E-state index contributed by atoms with van der Waals surface area (Å²) < 4.78 is 26.8. The van der Waals surface area contributed by atoms with Crippen LogP contribution in [0.4, 0.5) is 0 Å². The predicted molar refractivity (Wildman–Crippen MR) is 69.8 cm³/mol. The number of nitrogens with one attached hydrogen (secondary N) is 1. The van der Waals surface area contributed by atoms with Gasteiger partial charge in [-0.15, -0.1) is 11.3 Å². The highest BCUT2D eigenvalue weighted by molar-refractivity contribution is 7.89. The summed E-state index contributed by atoms with van der Waals surface area (Å²) in [5, 5.41) is 9.16. The molecule has 4 nitrogen and oxygen atoms in total. The third kappa shape index (κ3) is 3.51. The molecule has 6 heteroatoms. The molecule has 0 saturated heterocycles. The molecule has 1 aromatic heterocycles. The Morgan fingerprint density at radius 1 is 1.41 bits per heavy atom. The molecular formula is C11H19NO3S2. The molecule has 0 bridgehead atoms. The van der Waals surface area contributed by atoms with Crippen LogP contribution in [0.5, 0.6) is 0 Å². The number of hydrogen-bond donors (Lipinski definition) is 2. The molecule has 0 spiro atoms. The molecule has 0 aromatic carbocycles. The molecule has 0 saturated carbocycles. The molecule has 17 heavy (non-hydrogen) atoms. The zero-order valence-electron chi connectivity index (χ0n) is 10.5. The lowest BCUT2D eigenvalue weighted by molar-refractivity contribution is 0.227. The molecular weight excluding hydrogens is 258 g/mol. The molecule has 1 atom stereocenters. The van der Waals surface area contributed by atoms with Gasteiger partial charge in [-0.3, -0.25) is 0 Å². The predicted octanol–water partition coefficient (Wildman–Crippen LogP) is 1.66. The van der Waals surface area contributed by atoms with Crippen molar-refractivity contribution in [3.63, 3.8) is 0 Å². The summed E-state index contributed by atoms with van der Waals surface area (Å²) in [5.41, 5.74) is 0. The number of aliphatic hydroxyl groups is 1. The van der Waals surface area contributed by atoms with E-state index in [0.717, 1.165) is 9.75 Å². The molecule has 1 aromatic rings. The highest BCUT2D eigenvalue weighted by atomic mass is 32.2. The van der Waals surface area contributed by atoms with E-state index in [1.807, 2.05) is 20.8 Å². The maximum atomic E-state index is 12.1. The largest absolute Gasteiger partial charge is 0.395 e. The van der Waals surface area contributed by atoms with Gasteiger partial charge in [-0.2, -0.15) is 0 Å². The first-order valence-electron chi connectivity index (χ1n) is 5.48. The van der Waals surface area contributed by atoms with Gasteiger partial charge in [0, 0.05) is 15.8 Å². The summed E-state index contributed by atoms with van der Waals surface area (Å²) in [4.78, 5) is 2.06. The van der Waals surface area contributed by atoms with Gasteiger partial charge in [-0.05, 0) is 25.8 Å². The number of aryl methyl sites for hydroxylation is 2. The molecule has 2 N–H and O–H groups in total. The first-order valence-corrected chi connectivity index (χ1v) is 7.78. The van der Waals surface area contributed by atoms with Crippen LogP contribution in [0.2, 0.25) is 0 Å². The number of rotatable bonds is 5. The lowest BCUT2D eigenvalue weighted by Gasteiger charge is -2.19. The third-order valence-electron chi connectivity index (χ3n) is 2.59. The molecule has 1 heterocycles. The fourth-order valence-corrected chi connectivity index (χ4v) is 4.45. The zero-order chi connectivity index (χ0) is 13.2. The van der Waals surface area contributed by atoms with Crippen LogP contribution in [-0.2, 0) is 10.0 Å². The first-order chi connectivity index (χ1) is 7.77. The second kappa shape index (κ2) is 5.48. The van der Waals surface area contributed by atoms with E-state index in [-0.39, 0.29) is 12.5 Å². The summed E-state index contributed by atoms with van der Waals surface area (Å²) in [6, 6.07) is 1.22. The van der Waals surface area contributed by atoms with Crippen LogP contribution in [0.25, 0.3) is 0 Å². The minimum atomic E-state index is -3.53. The molecule has 0 unspecified atom stereocenters. The van der Waals surface area contributed by atoms with Crippen LogP contribution >= 0.6 is 11.3 Å². The smallest absolute Gasteiger partial charge is 0.242 e. The lowest BCUT2D eigenvalue weighted by atomic mass is 10.1. The molecule has 0 fully saturated rings. The number of sulfonamides is 1. The third-order valence-corrected chi connectivity index (χ3v) is 5.30. The van der Waals surface area contributed by atoms with Crippen LogP contribution in [-0.4, -0.2) is 26.2 Å². The Labute approximate surface area is 107 Å². The monoisotopic (exact) mass is 277 g/mol. The van der Waals surface area contributed by atoms with Crippen LogP contribution in [0.1, 0.15) is 23.6 Å². The van der Waals surface area contributed by atoms with Crippen molar-refractivity contribution >= 4 is 21.4 Å². The number of hydrogen-bond acceptors (Lipinski definition) is 4. The summed E-state index contributed by atoms with van der Waals surface area (Å²) in [6.45, 7) is 7.21. The first kappa shape index (κ1) is 14.6. The number of aliphatic hydroxyl groups excluding tert-OH is 1. The Kier molecular flexibility index (Phi) is 4.71. The van der Waals surface area contributed by atoms with Gasteiger partial charge in [0.05, 0.1) is 11.5 Å². The highest BCUT2D eigenvalue weighted by Gasteiger charge is 2.24. The standard InChI is InChI=1S/C11H19NO3S2/c1-7(2)10(6-13)12-17(14,15)11-5-8(3)16-9(11)4/h5,7,10,12-13H,6H2,1-4H3/t10-/m1/s1. The van der Waals surface area contributed by atoms with Crippen LogP contribution in [0, 0.1) is 19.8 Å². The van der Waals surface area contributed by atoms with Crippen molar-refractivity contribution in [1.29, 1.82) is 0 Å². The Balaban J connectivity index is 3.00. The van der Waals surface area contributed by atoms with Gasteiger partial charge in [0.1, 0.15) is 0 Å². The van der Waals surface area contributed by atoms with E-state index in [9.17, 15) is 8.42 Å². The quantitative estimate of drug-likeness (QED) is 0.860. The lowest BCUT2D eigenvalue weighted by Crippen LogP contribution is -2.41. The van der Waals surface area contributed by atoms with E-state index in [4.69, 9.17) is 5.11 Å². The second-order valence-electron chi connectivity index (χ2n) is 4.43. The molecule has 98 valence electrons. The molecule has 0 radical (unpaired) electrons. The van der Waals surface area contributed by atoms with Crippen molar-refractivity contribution in [1.82, 2.24) is 4.72 Å². The van der Waals surface area contributed by atoms with Crippen molar-refractivity contribution in [3.8, 4) is 0 Å². The van der Waals surface area contributed by atoms with Gasteiger partial charge in [-0.25, -0.2) is 13.1 Å². The van der Waals surface area contributed by atoms with E-state index >= 15 is 0 Å². The summed E-state index contributed by atoms with van der Waals surface area (Å²) in [5.74, 6) is 0.0508. The summed E-state index contributed by atoms with van der Waals surface area (Å²) in [6.07, 6.45) is 0. The average Bonchev–Trinajstić information content (AvgIpc) is 2.54. The Morgan fingerprint density at radius 2 is 2.00 bits per heavy atom. The average molecular weight is 277 g/mol. The van der Waals surface area contributed by atoms with E-state index in [2.05, 4.69) is 4.72 Å². The van der Waals surface area contributed by atoms with Gasteiger partial charge >= 0.3 is 0 Å². The maximum absolute atomic E-state index is 12.1. The van der Waals surface area contributed by atoms with E-state index in [1.165, 1.54) is 11.3 Å². The van der Waals surface area contributed by atoms with Crippen molar-refractivity contribution in [2.45, 2.75) is 38.6 Å². The van der Waals surface area contributed by atoms with Crippen molar-refractivity contribution in [2.24, 2.45) is 5.92 Å². The maximum Gasteiger partial charge on any atom is 0.242 e. The van der Waals surface area contributed by atoms with Crippen LogP contribution in [0.3, 0.4) is 0 Å². The fraction of sp³-hybridized carbons (Fsp3) is 0.636. The minimum Gasteiger partial charge on any atom is -0.395 e. The molecule has 0 amide bonds. The Hall–Kier alpha value is -0.430. The number of thiophene rings is 1. The minimum absolute atomic E-state index is 0.0508. The van der Waals surface area contributed by atoms with E-state index in [1.54, 1.807) is 13.0 Å². The van der Waals surface area contributed by atoms with Crippen LogP contribution in [0.15, 0.2) is 11.0 Å². The summed E-state index contributed by atoms with van der Waals surface area (Å²) in [7, 11) is -3.53. The van der Waals surface area contributed by atoms with Gasteiger partial charge < -0.3 is 5.11 Å². The Bertz CT molecular complexity index is 477. The topological polar surface area (TPSA) is 66.4 Å².